The molecule has 166 valence electrons. The molecule has 1 amide bonds. The summed E-state index contributed by atoms with van der Waals surface area (Å²) in [4.78, 5) is 25.4. The molecule has 0 bridgehead atoms. The van der Waals surface area contributed by atoms with Gasteiger partial charge in [-0.2, -0.15) is 0 Å². The van der Waals surface area contributed by atoms with Crippen molar-refractivity contribution in [2.45, 2.75) is 13.8 Å². The maximum atomic E-state index is 12.8. The number of aromatic nitrogens is 1. The second-order valence-electron chi connectivity index (χ2n) is 6.72. The van der Waals surface area contributed by atoms with Crippen LogP contribution in [0.25, 0.3) is 10.9 Å². The van der Waals surface area contributed by atoms with Crippen LogP contribution in [0.5, 0.6) is 0 Å². The van der Waals surface area contributed by atoms with Crippen LogP contribution in [0.15, 0.2) is 41.0 Å². The van der Waals surface area contributed by atoms with Gasteiger partial charge < -0.3 is 9.15 Å². The number of hydrogen-bond donors (Lipinski definition) is 0. The number of carbonyl (C=O) groups is 2. The number of hydrogen-bond acceptors (Lipinski definition) is 8. The summed E-state index contributed by atoms with van der Waals surface area (Å²) >= 11 is 0. The number of nitrogens with zero attached hydrogens (tertiary/aromatic N) is 2. The summed E-state index contributed by atoms with van der Waals surface area (Å²) in [6.45, 7) is 3.09. The van der Waals surface area contributed by atoms with Gasteiger partial charge in [0, 0.05) is 11.1 Å². The highest BCUT2D eigenvalue weighted by molar-refractivity contribution is 7.92. The molecule has 0 saturated heterocycles. The molecule has 0 N–H and O–H groups in total. The Bertz CT molecular complexity index is 1380. The summed E-state index contributed by atoms with van der Waals surface area (Å²) in [5, 5.41) is 0.125. The Morgan fingerprint density at radius 2 is 1.81 bits per heavy atom. The van der Waals surface area contributed by atoms with E-state index in [1.807, 2.05) is 0 Å². The van der Waals surface area contributed by atoms with Crippen molar-refractivity contribution >= 4 is 48.5 Å². The number of esters is 1. The Hall–Kier alpha value is -3.12. The number of anilines is 1. The molecular weight excluding hydrogens is 448 g/mol. The van der Waals surface area contributed by atoms with E-state index in [2.05, 4.69) is 0 Å². The number of amides is 1. The zero-order chi connectivity index (χ0) is 23.1. The quantitative estimate of drug-likeness (QED) is 0.503. The van der Waals surface area contributed by atoms with Crippen molar-refractivity contribution in [3.63, 3.8) is 0 Å². The van der Waals surface area contributed by atoms with E-state index in [1.165, 1.54) is 43.5 Å². The average Bonchev–Trinajstić information content (AvgIpc) is 3.25. The predicted molar refractivity (Wildman–Crippen MR) is 113 cm³/mol. The van der Waals surface area contributed by atoms with Gasteiger partial charge >= 0.3 is 11.9 Å². The molecule has 3 rings (SSSR count). The molecule has 0 aliphatic rings. The van der Waals surface area contributed by atoms with E-state index in [0.29, 0.717) is 4.31 Å². The van der Waals surface area contributed by atoms with Gasteiger partial charge in [-0.1, -0.05) is 0 Å². The smallest absolute Gasteiger partial charge is 0.340 e. The number of ether oxygens (including phenoxy) is 1. The van der Waals surface area contributed by atoms with E-state index in [4.69, 9.17) is 9.15 Å². The van der Waals surface area contributed by atoms with E-state index in [9.17, 15) is 26.4 Å². The molecule has 0 fully saturated rings. The molecule has 0 radical (unpaired) electrons. The lowest BCUT2D eigenvalue weighted by Gasteiger charge is -2.19. The SMILES string of the molecule is CCOC(=O)c1c(C)n(S(C)(=O)=O)c2ccc(N(C(=O)c3ccco3)S(C)(=O)=O)cc12. The number of fused-ring (bicyclic) bond motifs is 1. The molecule has 1 aromatic carbocycles. The van der Waals surface area contributed by atoms with Gasteiger partial charge in [0.25, 0.3) is 0 Å². The van der Waals surface area contributed by atoms with Gasteiger partial charge in [0.2, 0.25) is 20.0 Å². The van der Waals surface area contributed by atoms with Gasteiger partial charge in [0.15, 0.2) is 5.76 Å². The first-order valence-electron chi connectivity index (χ1n) is 8.98. The number of rotatable bonds is 6. The minimum absolute atomic E-state index is 0.0389. The summed E-state index contributed by atoms with van der Waals surface area (Å²) in [6.07, 6.45) is 3.05. The largest absolute Gasteiger partial charge is 0.462 e. The molecule has 31 heavy (non-hydrogen) atoms. The first kappa shape index (κ1) is 22.6. The van der Waals surface area contributed by atoms with Crippen LogP contribution in [0.1, 0.15) is 33.5 Å². The lowest BCUT2D eigenvalue weighted by atomic mass is 10.1. The Labute approximate surface area is 179 Å². The third kappa shape index (κ3) is 4.08. The van der Waals surface area contributed by atoms with Crippen LogP contribution >= 0.6 is 0 Å². The van der Waals surface area contributed by atoms with Crippen LogP contribution in [-0.4, -0.2) is 51.8 Å². The van der Waals surface area contributed by atoms with Crippen LogP contribution < -0.4 is 4.31 Å². The molecule has 0 spiro atoms. The Morgan fingerprint density at radius 3 is 2.32 bits per heavy atom. The molecule has 0 aliphatic heterocycles. The average molecular weight is 469 g/mol. The third-order valence-corrected chi connectivity index (χ3v) is 6.60. The Morgan fingerprint density at radius 1 is 1.13 bits per heavy atom. The van der Waals surface area contributed by atoms with Crippen molar-refractivity contribution in [2.24, 2.45) is 0 Å². The Kier molecular flexibility index (Phi) is 5.72. The highest BCUT2D eigenvalue weighted by Gasteiger charge is 2.31. The first-order valence-corrected chi connectivity index (χ1v) is 12.7. The van der Waals surface area contributed by atoms with Gasteiger partial charge in [0.1, 0.15) is 0 Å². The fraction of sp³-hybridized carbons (Fsp3) is 0.263. The van der Waals surface area contributed by atoms with E-state index in [1.54, 1.807) is 6.92 Å². The van der Waals surface area contributed by atoms with E-state index in [-0.39, 0.29) is 40.2 Å². The summed E-state index contributed by atoms with van der Waals surface area (Å²) in [5.74, 6) is -1.92. The molecular formula is C19H20N2O8S2. The molecule has 2 heterocycles. The zero-order valence-electron chi connectivity index (χ0n) is 17.1. The van der Waals surface area contributed by atoms with Crippen LogP contribution in [0.4, 0.5) is 5.69 Å². The van der Waals surface area contributed by atoms with Gasteiger partial charge in [0.05, 0.1) is 42.1 Å². The Balaban J connectivity index is 2.34. The molecule has 12 heteroatoms. The number of furan rings is 1. The maximum absolute atomic E-state index is 12.8. The second kappa shape index (κ2) is 7.85. The zero-order valence-corrected chi connectivity index (χ0v) is 18.8. The van der Waals surface area contributed by atoms with Gasteiger partial charge in [-0.3, -0.25) is 4.79 Å². The van der Waals surface area contributed by atoms with Crippen molar-refractivity contribution in [1.29, 1.82) is 0 Å². The predicted octanol–water partition coefficient (Wildman–Crippen LogP) is 2.13. The van der Waals surface area contributed by atoms with E-state index < -0.39 is 31.9 Å². The van der Waals surface area contributed by atoms with Gasteiger partial charge in [-0.15, -0.1) is 0 Å². The molecule has 3 aromatic rings. The van der Waals surface area contributed by atoms with E-state index in [0.717, 1.165) is 16.5 Å². The van der Waals surface area contributed by atoms with Crippen LogP contribution in [0, 0.1) is 6.92 Å². The van der Waals surface area contributed by atoms with Crippen molar-refractivity contribution in [1.82, 2.24) is 3.97 Å². The summed E-state index contributed by atoms with van der Waals surface area (Å²) in [5.41, 5.74) is 0.123. The second-order valence-corrected chi connectivity index (χ2v) is 10.4. The third-order valence-electron chi connectivity index (χ3n) is 4.43. The molecule has 10 nitrogen and oxygen atoms in total. The van der Waals surface area contributed by atoms with Gasteiger partial charge in [-0.25, -0.2) is 29.9 Å². The summed E-state index contributed by atoms with van der Waals surface area (Å²) in [7, 11) is -7.91. The van der Waals surface area contributed by atoms with Crippen LogP contribution in [0.2, 0.25) is 0 Å². The minimum atomic E-state index is -4.10. The highest BCUT2D eigenvalue weighted by Crippen LogP contribution is 2.33. The maximum Gasteiger partial charge on any atom is 0.340 e. The van der Waals surface area contributed by atoms with Crippen molar-refractivity contribution in [3.8, 4) is 0 Å². The molecule has 0 atom stereocenters. The lowest BCUT2D eigenvalue weighted by molar-refractivity contribution is 0.0527. The van der Waals surface area contributed by atoms with Gasteiger partial charge in [-0.05, 0) is 44.2 Å². The van der Waals surface area contributed by atoms with Crippen LogP contribution in [-0.2, 0) is 24.8 Å². The van der Waals surface area contributed by atoms with Crippen LogP contribution in [0.3, 0.4) is 0 Å². The first-order chi connectivity index (χ1) is 14.4. The van der Waals surface area contributed by atoms with Crippen molar-refractivity contribution in [3.05, 3.63) is 53.6 Å². The molecule has 2 aromatic heterocycles. The fourth-order valence-electron chi connectivity index (χ4n) is 3.35. The molecule has 0 aliphatic carbocycles. The van der Waals surface area contributed by atoms with Crippen molar-refractivity contribution < 1.29 is 35.6 Å². The molecule has 0 saturated carbocycles. The molecule has 0 unspecified atom stereocenters. The number of carbonyl (C=O) groups excluding carboxylic acids is 2. The number of benzene rings is 1. The monoisotopic (exact) mass is 468 g/mol. The number of sulfonamides is 1. The normalized spacial score (nSPS) is 12.1. The lowest BCUT2D eigenvalue weighted by Crippen LogP contribution is -2.36. The summed E-state index contributed by atoms with van der Waals surface area (Å²) < 4.78 is 61.1. The topological polar surface area (TPSA) is 133 Å². The minimum Gasteiger partial charge on any atom is -0.462 e. The standard InChI is InChI=1S/C19H20N2O8S2/c1-5-28-19(23)17-12(2)20(30(3,24)25)15-9-8-13(11-14(15)17)21(31(4,26)27)18(22)16-7-6-10-29-16/h6-11H,5H2,1-4H3. The van der Waals surface area contributed by atoms with Crippen molar-refractivity contribution in [2.75, 3.05) is 23.4 Å². The van der Waals surface area contributed by atoms with E-state index >= 15 is 0 Å². The fourth-order valence-corrected chi connectivity index (χ4v) is 5.35. The highest BCUT2D eigenvalue weighted by atomic mass is 32.2. The summed E-state index contributed by atoms with van der Waals surface area (Å²) in [6, 6.07) is 6.62.